The van der Waals surface area contributed by atoms with Crippen LogP contribution in [0, 0.1) is 10.1 Å². The molecule has 0 saturated carbocycles. The Balaban J connectivity index is 1.73. The van der Waals surface area contributed by atoms with Crippen molar-refractivity contribution in [2.45, 2.75) is 32.4 Å². The van der Waals surface area contributed by atoms with Gasteiger partial charge in [-0.2, -0.15) is 0 Å². The smallest absolute Gasteiger partial charge is 0.409 e. The van der Waals surface area contributed by atoms with E-state index in [0.29, 0.717) is 32.3 Å². The van der Waals surface area contributed by atoms with Crippen molar-refractivity contribution in [3.05, 3.63) is 27.1 Å². The van der Waals surface area contributed by atoms with E-state index in [4.69, 9.17) is 4.74 Å². The van der Waals surface area contributed by atoms with Gasteiger partial charge >= 0.3 is 11.1 Å². The maximum atomic E-state index is 11.6. The average Bonchev–Trinajstić information content (AvgIpc) is 2.95. The van der Waals surface area contributed by atoms with Crippen LogP contribution in [0.25, 0.3) is 0 Å². The topological polar surface area (TPSA) is 84.7 Å². The van der Waals surface area contributed by atoms with Gasteiger partial charge in [-0.1, -0.05) is 11.3 Å². The van der Waals surface area contributed by atoms with Gasteiger partial charge in [0.15, 0.2) is 0 Å². The molecule has 8 heteroatoms. The predicted octanol–water partition coefficient (Wildman–Crippen LogP) is 2.37. The zero-order valence-electron chi connectivity index (χ0n) is 11.9. The number of hydrogen-bond donors (Lipinski definition) is 1. The fourth-order valence-corrected chi connectivity index (χ4v) is 3.06. The molecule has 0 aromatic carbocycles. The van der Waals surface area contributed by atoms with E-state index in [2.05, 4.69) is 5.32 Å². The van der Waals surface area contributed by atoms with Crippen molar-refractivity contribution in [3.8, 4) is 0 Å². The lowest BCUT2D eigenvalue weighted by atomic mass is 10.1. The first-order valence-electron chi connectivity index (χ1n) is 6.98. The molecule has 0 radical (unpaired) electrons. The van der Waals surface area contributed by atoms with Crippen LogP contribution in [0.4, 0.5) is 9.80 Å². The summed E-state index contributed by atoms with van der Waals surface area (Å²) in [5, 5.41) is 14.2. The van der Waals surface area contributed by atoms with E-state index in [-0.39, 0.29) is 16.0 Å². The van der Waals surface area contributed by atoms with Gasteiger partial charge in [-0.25, -0.2) is 4.79 Å². The molecule has 1 fully saturated rings. The van der Waals surface area contributed by atoms with Crippen LogP contribution in [0.2, 0.25) is 0 Å². The maximum Gasteiger partial charge on any atom is 0.409 e. The Morgan fingerprint density at radius 2 is 2.24 bits per heavy atom. The van der Waals surface area contributed by atoms with Crippen molar-refractivity contribution in [1.82, 2.24) is 10.2 Å². The minimum Gasteiger partial charge on any atom is -0.450 e. The number of rotatable bonds is 5. The number of amides is 1. The highest BCUT2D eigenvalue weighted by Gasteiger charge is 2.23. The van der Waals surface area contributed by atoms with E-state index >= 15 is 0 Å². The molecule has 2 rings (SSSR count). The second kappa shape index (κ2) is 7.37. The van der Waals surface area contributed by atoms with E-state index in [1.54, 1.807) is 17.9 Å². The average molecular weight is 313 g/mol. The highest BCUT2D eigenvalue weighted by molar-refractivity contribution is 7.15. The van der Waals surface area contributed by atoms with Gasteiger partial charge in [0.1, 0.15) is 0 Å². The Bertz CT molecular complexity index is 497. The third kappa shape index (κ3) is 4.40. The van der Waals surface area contributed by atoms with Gasteiger partial charge in [-0.05, 0) is 25.8 Å². The van der Waals surface area contributed by atoms with E-state index in [0.717, 1.165) is 17.7 Å². The Morgan fingerprint density at radius 1 is 1.52 bits per heavy atom. The summed E-state index contributed by atoms with van der Waals surface area (Å²) in [4.78, 5) is 24.5. The summed E-state index contributed by atoms with van der Waals surface area (Å²) >= 11 is 1.20. The molecule has 1 aliphatic heterocycles. The number of piperidine rings is 1. The fraction of sp³-hybridized carbons (Fsp3) is 0.615. The molecule has 0 bridgehead atoms. The minimum absolute atomic E-state index is 0.170. The van der Waals surface area contributed by atoms with Crippen molar-refractivity contribution in [3.63, 3.8) is 0 Å². The largest absolute Gasteiger partial charge is 0.450 e. The number of nitrogens with one attached hydrogen (secondary N) is 1. The molecule has 7 nitrogen and oxygen atoms in total. The summed E-state index contributed by atoms with van der Waals surface area (Å²) in [5.41, 5.74) is 0. The molecule has 1 aliphatic rings. The first-order valence-corrected chi connectivity index (χ1v) is 7.80. The van der Waals surface area contributed by atoms with Crippen LogP contribution in [0.15, 0.2) is 12.1 Å². The van der Waals surface area contributed by atoms with Crippen molar-refractivity contribution < 1.29 is 14.5 Å². The summed E-state index contributed by atoms with van der Waals surface area (Å²) < 4.78 is 4.98. The lowest BCUT2D eigenvalue weighted by Gasteiger charge is -2.31. The molecule has 1 saturated heterocycles. The van der Waals surface area contributed by atoms with Crippen molar-refractivity contribution in [2.75, 3.05) is 19.7 Å². The zero-order chi connectivity index (χ0) is 15.2. The summed E-state index contributed by atoms with van der Waals surface area (Å²) in [6.45, 7) is 4.19. The fourth-order valence-electron chi connectivity index (χ4n) is 2.29. The number of carbonyl (C=O) groups is 1. The third-order valence-electron chi connectivity index (χ3n) is 3.41. The van der Waals surface area contributed by atoms with Gasteiger partial charge in [-0.15, -0.1) is 0 Å². The lowest BCUT2D eigenvalue weighted by Crippen LogP contribution is -2.44. The van der Waals surface area contributed by atoms with Crippen LogP contribution in [0.1, 0.15) is 24.6 Å². The minimum atomic E-state index is -0.369. The second-order valence-corrected chi connectivity index (χ2v) is 5.98. The van der Waals surface area contributed by atoms with Crippen molar-refractivity contribution in [1.29, 1.82) is 0 Å². The molecule has 0 spiro atoms. The molecule has 21 heavy (non-hydrogen) atoms. The van der Waals surface area contributed by atoms with Crippen molar-refractivity contribution >= 4 is 22.4 Å². The molecule has 1 aromatic rings. The maximum absolute atomic E-state index is 11.6. The Morgan fingerprint density at radius 3 is 2.81 bits per heavy atom. The number of ether oxygens (including phenoxy) is 1. The Hall–Kier alpha value is -1.67. The van der Waals surface area contributed by atoms with E-state index < -0.39 is 0 Å². The van der Waals surface area contributed by atoms with Crippen LogP contribution >= 0.6 is 11.3 Å². The van der Waals surface area contributed by atoms with Gasteiger partial charge in [0.2, 0.25) is 0 Å². The second-order valence-electron chi connectivity index (χ2n) is 4.84. The van der Waals surface area contributed by atoms with Gasteiger partial charge < -0.3 is 15.0 Å². The molecule has 2 heterocycles. The van der Waals surface area contributed by atoms with Gasteiger partial charge in [-0.3, -0.25) is 10.1 Å². The highest BCUT2D eigenvalue weighted by Crippen LogP contribution is 2.24. The Kier molecular flexibility index (Phi) is 5.51. The lowest BCUT2D eigenvalue weighted by molar-refractivity contribution is -0.380. The van der Waals surface area contributed by atoms with Gasteiger partial charge in [0, 0.05) is 36.6 Å². The zero-order valence-corrected chi connectivity index (χ0v) is 12.7. The third-order valence-corrected chi connectivity index (χ3v) is 4.45. The molecule has 116 valence electrons. The number of nitro groups is 1. The molecule has 1 amide bonds. The Labute approximate surface area is 127 Å². The number of likely N-dealkylation sites (tertiary alicyclic amines) is 1. The molecule has 1 N–H and O–H groups in total. The van der Waals surface area contributed by atoms with Crippen LogP contribution in [0.3, 0.4) is 0 Å². The van der Waals surface area contributed by atoms with Crippen LogP contribution in [-0.2, 0) is 11.3 Å². The number of carbonyl (C=O) groups excluding carboxylic acids is 1. The highest BCUT2D eigenvalue weighted by atomic mass is 32.1. The van der Waals surface area contributed by atoms with Crippen molar-refractivity contribution in [2.24, 2.45) is 0 Å². The molecule has 0 aliphatic carbocycles. The number of thiophene rings is 1. The molecule has 0 atom stereocenters. The summed E-state index contributed by atoms with van der Waals surface area (Å²) in [5.74, 6) is 0. The first-order chi connectivity index (χ1) is 10.1. The molecule has 0 unspecified atom stereocenters. The number of hydrogen-bond acceptors (Lipinski definition) is 6. The summed E-state index contributed by atoms with van der Waals surface area (Å²) in [6, 6.07) is 3.64. The van der Waals surface area contributed by atoms with E-state index in [9.17, 15) is 14.9 Å². The van der Waals surface area contributed by atoms with Gasteiger partial charge in [0.05, 0.1) is 11.5 Å². The molecular weight excluding hydrogens is 294 g/mol. The normalized spacial score (nSPS) is 16.0. The molecule has 1 aromatic heterocycles. The van der Waals surface area contributed by atoms with Crippen LogP contribution in [-0.4, -0.2) is 41.7 Å². The quantitative estimate of drug-likeness (QED) is 0.666. The predicted molar refractivity (Wildman–Crippen MR) is 79.4 cm³/mol. The van der Waals surface area contributed by atoms with E-state index in [1.807, 2.05) is 0 Å². The summed E-state index contributed by atoms with van der Waals surface area (Å²) in [7, 11) is 0. The standard InChI is InChI=1S/C13H19N3O4S/c1-2-20-13(17)15-7-5-10(6-8-15)14-9-11-3-4-12(21-11)16(18)19/h3-4,10,14H,2,5-9H2,1H3. The SMILES string of the molecule is CCOC(=O)N1CCC(NCc2ccc([N+](=O)[O-])s2)CC1. The number of nitrogens with zero attached hydrogens (tertiary/aromatic N) is 2. The monoisotopic (exact) mass is 313 g/mol. The summed E-state index contributed by atoms with van der Waals surface area (Å²) in [6.07, 6.45) is 1.49. The van der Waals surface area contributed by atoms with Crippen LogP contribution in [0.5, 0.6) is 0 Å². The van der Waals surface area contributed by atoms with E-state index in [1.165, 1.54) is 17.4 Å². The molecular formula is C13H19N3O4S. The first kappa shape index (κ1) is 15.7. The van der Waals surface area contributed by atoms with Crippen LogP contribution < -0.4 is 5.32 Å². The van der Waals surface area contributed by atoms with Gasteiger partial charge in [0.25, 0.3) is 0 Å².